The number of aliphatic hydroxyl groups excluding tert-OH is 1. The highest BCUT2D eigenvalue weighted by molar-refractivity contribution is 7.85. The van der Waals surface area contributed by atoms with Gasteiger partial charge in [-0.1, -0.05) is 165 Å². The van der Waals surface area contributed by atoms with Gasteiger partial charge in [0.25, 0.3) is 10.1 Å². The Morgan fingerprint density at radius 3 is 1.54 bits per heavy atom. The molecular formula is C39H71NO5S. The highest BCUT2D eigenvalue weighted by Gasteiger charge is 2.24. The third-order valence-corrected chi connectivity index (χ3v) is 9.04. The minimum absolute atomic E-state index is 0.259. The van der Waals surface area contributed by atoms with E-state index >= 15 is 0 Å². The summed E-state index contributed by atoms with van der Waals surface area (Å²) in [4.78, 5) is 12.4. The lowest BCUT2D eigenvalue weighted by Crippen LogP contribution is -2.46. The number of carbonyl (C=O) groups is 1. The first-order chi connectivity index (χ1) is 22.3. The molecule has 0 saturated carbocycles. The molecule has 0 spiro atoms. The van der Waals surface area contributed by atoms with Crippen LogP contribution in [0.3, 0.4) is 0 Å². The summed E-state index contributed by atoms with van der Waals surface area (Å²) >= 11 is 0. The van der Waals surface area contributed by atoms with Crippen LogP contribution in [0.5, 0.6) is 0 Å². The topological polar surface area (TPSA) is 104 Å². The van der Waals surface area contributed by atoms with Crippen molar-refractivity contribution in [2.45, 2.75) is 187 Å². The Morgan fingerprint density at radius 2 is 1.04 bits per heavy atom. The molecule has 0 fully saturated rings. The van der Waals surface area contributed by atoms with E-state index in [1.807, 2.05) is 6.08 Å². The molecule has 0 radical (unpaired) electrons. The third kappa shape index (κ3) is 33.7. The Balaban J connectivity index is 4.00. The SMILES string of the molecule is CC/C=C\C/C=C\C/C=C\CCCCCC(=O)NC(CS(=O)(=O)O)C(O)/C=C/CCCCCCCCCCCCCCCCCC. The van der Waals surface area contributed by atoms with E-state index in [2.05, 4.69) is 55.6 Å². The molecule has 6 nitrogen and oxygen atoms in total. The molecule has 7 heteroatoms. The van der Waals surface area contributed by atoms with Crippen molar-refractivity contribution in [2.24, 2.45) is 0 Å². The number of aliphatic hydroxyl groups is 1. The van der Waals surface area contributed by atoms with E-state index in [9.17, 15) is 22.9 Å². The van der Waals surface area contributed by atoms with Gasteiger partial charge >= 0.3 is 0 Å². The number of nitrogens with one attached hydrogen (secondary N) is 1. The van der Waals surface area contributed by atoms with Crippen molar-refractivity contribution in [1.29, 1.82) is 0 Å². The fourth-order valence-electron chi connectivity index (χ4n) is 5.46. The summed E-state index contributed by atoms with van der Waals surface area (Å²) in [5, 5.41) is 13.2. The molecule has 3 N–H and O–H groups in total. The van der Waals surface area contributed by atoms with Gasteiger partial charge in [-0.2, -0.15) is 8.42 Å². The minimum Gasteiger partial charge on any atom is -0.387 e. The maximum atomic E-state index is 12.4. The van der Waals surface area contributed by atoms with E-state index in [0.717, 1.165) is 57.8 Å². The molecule has 0 rings (SSSR count). The van der Waals surface area contributed by atoms with Crippen LogP contribution < -0.4 is 5.32 Å². The van der Waals surface area contributed by atoms with E-state index in [1.165, 1.54) is 89.9 Å². The second-order valence-electron chi connectivity index (χ2n) is 12.8. The van der Waals surface area contributed by atoms with Crippen LogP contribution in [0.1, 0.15) is 174 Å². The summed E-state index contributed by atoms with van der Waals surface area (Å²) in [5.74, 6) is -1.02. The summed E-state index contributed by atoms with van der Waals surface area (Å²) in [6.45, 7) is 4.39. The first kappa shape index (κ1) is 44.3. The molecule has 0 aliphatic rings. The van der Waals surface area contributed by atoms with Gasteiger partial charge < -0.3 is 10.4 Å². The predicted molar refractivity (Wildman–Crippen MR) is 198 cm³/mol. The van der Waals surface area contributed by atoms with Crippen molar-refractivity contribution in [1.82, 2.24) is 5.32 Å². The molecule has 1 amide bonds. The number of carbonyl (C=O) groups excluding carboxylic acids is 1. The van der Waals surface area contributed by atoms with Crippen molar-refractivity contribution in [2.75, 3.05) is 5.75 Å². The molecular weight excluding hydrogens is 594 g/mol. The van der Waals surface area contributed by atoms with Gasteiger partial charge in [0, 0.05) is 6.42 Å². The monoisotopic (exact) mass is 666 g/mol. The summed E-state index contributed by atoms with van der Waals surface area (Å²) < 4.78 is 32.4. The predicted octanol–water partition coefficient (Wildman–Crippen LogP) is 10.7. The Labute approximate surface area is 284 Å². The van der Waals surface area contributed by atoms with Crippen LogP contribution in [0.4, 0.5) is 0 Å². The van der Waals surface area contributed by atoms with Gasteiger partial charge in [0.15, 0.2) is 0 Å². The number of hydrogen-bond acceptors (Lipinski definition) is 4. The quantitative estimate of drug-likeness (QED) is 0.0368. The second-order valence-corrected chi connectivity index (χ2v) is 14.3. The average Bonchev–Trinajstić information content (AvgIpc) is 3.01. The van der Waals surface area contributed by atoms with Crippen LogP contribution in [0.2, 0.25) is 0 Å². The molecule has 0 aromatic heterocycles. The van der Waals surface area contributed by atoms with Crippen molar-refractivity contribution in [3.05, 3.63) is 48.6 Å². The zero-order chi connectivity index (χ0) is 34.0. The van der Waals surface area contributed by atoms with Crippen molar-refractivity contribution < 1.29 is 22.9 Å². The van der Waals surface area contributed by atoms with E-state index in [-0.39, 0.29) is 12.3 Å². The zero-order valence-corrected chi connectivity index (χ0v) is 30.5. The number of unbranched alkanes of at least 4 members (excludes halogenated alkanes) is 19. The largest absolute Gasteiger partial charge is 0.387 e. The van der Waals surface area contributed by atoms with Gasteiger partial charge in [0.1, 0.15) is 0 Å². The van der Waals surface area contributed by atoms with Crippen LogP contribution in [-0.4, -0.2) is 41.9 Å². The molecule has 0 bridgehead atoms. The molecule has 0 aliphatic heterocycles. The summed E-state index contributed by atoms with van der Waals surface area (Å²) in [6.07, 6.45) is 43.8. The van der Waals surface area contributed by atoms with Gasteiger partial charge in [0.2, 0.25) is 5.91 Å². The van der Waals surface area contributed by atoms with Crippen molar-refractivity contribution >= 4 is 16.0 Å². The van der Waals surface area contributed by atoms with E-state index in [0.29, 0.717) is 6.42 Å². The second kappa shape index (κ2) is 33.2. The Hall–Kier alpha value is -1.70. The van der Waals surface area contributed by atoms with Crippen molar-refractivity contribution in [3.8, 4) is 0 Å². The molecule has 0 saturated heterocycles. The zero-order valence-electron chi connectivity index (χ0n) is 29.7. The van der Waals surface area contributed by atoms with Crippen LogP contribution >= 0.6 is 0 Å². The molecule has 0 heterocycles. The van der Waals surface area contributed by atoms with E-state index < -0.39 is 28.0 Å². The lowest BCUT2D eigenvalue weighted by molar-refractivity contribution is -0.122. The fraction of sp³-hybridized carbons (Fsp3) is 0.769. The lowest BCUT2D eigenvalue weighted by atomic mass is 10.0. The number of hydrogen-bond donors (Lipinski definition) is 3. The highest BCUT2D eigenvalue weighted by Crippen LogP contribution is 2.14. The molecule has 268 valence electrons. The fourth-order valence-corrected chi connectivity index (χ4v) is 6.20. The average molecular weight is 666 g/mol. The van der Waals surface area contributed by atoms with E-state index in [1.54, 1.807) is 6.08 Å². The normalized spacial score (nSPS) is 13.9. The molecule has 0 aliphatic carbocycles. The van der Waals surface area contributed by atoms with Crippen molar-refractivity contribution in [3.63, 3.8) is 0 Å². The number of amides is 1. The lowest BCUT2D eigenvalue weighted by Gasteiger charge is -2.21. The van der Waals surface area contributed by atoms with Crippen LogP contribution in [0.25, 0.3) is 0 Å². The maximum Gasteiger partial charge on any atom is 0.267 e. The summed E-state index contributed by atoms with van der Waals surface area (Å²) in [7, 11) is -4.35. The smallest absolute Gasteiger partial charge is 0.267 e. The van der Waals surface area contributed by atoms with Crippen LogP contribution in [0, 0.1) is 0 Å². The summed E-state index contributed by atoms with van der Waals surface area (Å²) in [5.41, 5.74) is 0. The Kier molecular flexibility index (Phi) is 32.0. The molecule has 2 atom stereocenters. The number of allylic oxidation sites excluding steroid dienone is 7. The Morgan fingerprint density at radius 1 is 0.609 bits per heavy atom. The van der Waals surface area contributed by atoms with Gasteiger partial charge in [-0.15, -0.1) is 0 Å². The molecule has 0 aromatic rings. The van der Waals surface area contributed by atoms with Gasteiger partial charge in [0.05, 0.1) is 17.9 Å². The van der Waals surface area contributed by atoms with E-state index in [4.69, 9.17) is 0 Å². The first-order valence-electron chi connectivity index (χ1n) is 18.8. The minimum atomic E-state index is -4.35. The molecule has 0 aromatic carbocycles. The van der Waals surface area contributed by atoms with Gasteiger partial charge in [-0.25, -0.2) is 0 Å². The van der Waals surface area contributed by atoms with Gasteiger partial charge in [-0.3, -0.25) is 9.35 Å². The number of rotatable bonds is 33. The maximum absolute atomic E-state index is 12.4. The third-order valence-electron chi connectivity index (χ3n) is 8.26. The summed E-state index contributed by atoms with van der Waals surface area (Å²) in [6, 6.07) is -1.07. The highest BCUT2D eigenvalue weighted by atomic mass is 32.2. The van der Waals surface area contributed by atoms with Crippen LogP contribution in [0.15, 0.2) is 48.6 Å². The Bertz CT molecular complexity index is 909. The molecule has 2 unspecified atom stereocenters. The van der Waals surface area contributed by atoms with Gasteiger partial charge in [-0.05, 0) is 51.4 Å². The standard InChI is InChI=1S/C39H71NO5S/c1-3-5-7-9-11-13-15-17-18-19-20-21-23-24-26-28-30-32-34-38(41)37(36-46(43,44)45)40-39(42)35-33-31-29-27-25-22-16-14-12-10-8-6-4-2/h6,8,12,14,22,25,32,34,37-38,41H,3-5,7,9-11,13,15-21,23-24,26-31,33,35-36H2,1-2H3,(H,40,42)(H,43,44,45)/b8-6-,14-12-,25-22-,34-32+. The molecule has 46 heavy (non-hydrogen) atoms. The first-order valence-corrected chi connectivity index (χ1v) is 20.4. The van der Waals surface area contributed by atoms with Crippen LogP contribution in [-0.2, 0) is 14.9 Å².